The summed E-state index contributed by atoms with van der Waals surface area (Å²) in [6.07, 6.45) is 3.16. The predicted molar refractivity (Wildman–Crippen MR) is 97.9 cm³/mol. The van der Waals surface area contributed by atoms with Gasteiger partial charge in [-0.1, -0.05) is 18.1 Å². The molecule has 1 amide bonds. The van der Waals surface area contributed by atoms with E-state index in [1.165, 1.54) is 5.56 Å². The molecule has 2 aromatic heterocycles. The van der Waals surface area contributed by atoms with Crippen molar-refractivity contribution in [3.05, 3.63) is 52.8 Å². The Labute approximate surface area is 152 Å². The molecule has 0 radical (unpaired) electrons. The molecular formula is C20H22N4O2. The Morgan fingerprint density at radius 1 is 1.27 bits per heavy atom. The Morgan fingerprint density at radius 3 is 2.81 bits per heavy atom. The second kappa shape index (κ2) is 6.52. The molecule has 4 rings (SSSR count). The highest BCUT2D eigenvalue weighted by Gasteiger charge is 2.29. The van der Waals surface area contributed by atoms with Crippen LogP contribution in [0.2, 0.25) is 0 Å². The van der Waals surface area contributed by atoms with Crippen LogP contribution in [-0.2, 0) is 13.0 Å². The summed E-state index contributed by atoms with van der Waals surface area (Å²) in [5.41, 5.74) is 3.51. The minimum absolute atomic E-state index is 0.0695. The number of aryl methyl sites for hydroxylation is 2. The van der Waals surface area contributed by atoms with Gasteiger partial charge in [-0.25, -0.2) is 0 Å². The minimum Gasteiger partial charge on any atom is -0.337 e. The van der Waals surface area contributed by atoms with Crippen molar-refractivity contribution in [1.29, 1.82) is 0 Å². The van der Waals surface area contributed by atoms with Crippen LogP contribution < -0.4 is 0 Å². The molecule has 6 heteroatoms. The van der Waals surface area contributed by atoms with Gasteiger partial charge in [0.1, 0.15) is 0 Å². The molecule has 1 aliphatic rings. The Hall–Kier alpha value is -2.76. The molecule has 0 spiro atoms. The van der Waals surface area contributed by atoms with Crippen LogP contribution in [0, 0.1) is 6.92 Å². The summed E-state index contributed by atoms with van der Waals surface area (Å²) in [5, 5.41) is 4.90. The molecule has 0 bridgehead atoms. The van der Waals surface area contributed by atoms with E-state index in [1.54, 1.807) is 11.9 Å². The van der Waals surface area contributed by atoms with E-state index in [4.69, 9.17) is 4.52 Å². The fourth-order valence-electron chi connectivity index (χ4n) is 3.12. The number of amides is 1. The van der Waals surface area contributed by atoms with E-state index in [2.05, 4.69) is 34.2 Å². The van der Waals surface area contributed by atoms with Crippen molar-refractivity contribution in [2.24, 2.45) is 0 Å². The summed E-state index contributed by atoms with van der Waals surface area (Å²) >= 11 is 0. The zero-order valence-electron chi connectivity index (χ0n) is 15.3. The Bertz CT molecular complexity index is 975. The summed E-state index contributed by atoms with van der Waals surface area (Å²) in [6.45, 7) is 4.31. The van der Waals surface area contributed by atoms with Gasteiger partial charge in [-0.2, -0.15) is 4.98 Å². The zero-order chi connectivity index (χ0) is 18.3. The van der Waals surface area contributed by atoms with Gasteiger partial charge in [-0.05, 0) is 49.9 Å². The van der Waals surface area contributed by atoms with Gasteiger partial charge in [-0.15, -0.1) is 0 Å². The van der Waals surface area contributed by atoms with Crippen LogP contribution in [0.1, 0.15) is 59.0 Å². The molecule has 0 saturated heterocycles. The molecule has 1 aliphatic carbocycles. The lowest BCUT2D eigenvalue weighted by Crippen LogP contribution is -2.26. The van der Waals surface area contributed by atoms with Crippen LogP contribution in [0.15, 0.2) is 28.8 Å². The van der Waals surface area contributed by atoms with E-state index in [1.807, 2.05) is 19.1 Å². The van der Waals surface area contributed by atoms with Crippen LogP contribution in [0.3, 0.4) is 0 Å². The lowest BCUT2D eigenvalue weighted by Gasteiger charge is -2.17. The van der Waals surface area contributed by atoms with Crippen molar-refractivity contribution >= 4 is 16.8 Å². The Balaban J connectivity index is 1.63. The molecule has 0 aliphatic heterocycles. The molecule has 0 unspecified atom stereocenters. The van der Waals surface area contributed by atoms with Gasteiger partial charge in [0.2, 0.25) is 5.89 Å². The number of rotatable bonds is 5. The highest BCUT2D eigenvalue weighted by molar-refractivity contribution is 6.06. The van der Waals surface area contributed by atoms with E-state index in [9.17, 15) is 4.79 Å². The van der Waals surface area contributed by atoms with Crippen molar-refractivity contribution in [2.45, 2.75) is 45.6 Å². The fraction of sp³-hybridized carbons (Fsp3) is 0.400. The Kier molecular flexibility index (Phi) is 4.18. The van der Waals surface area contributed by atoms with E-state index >= 15 is 0 Å². The molecule has 2 heterocycles. The van der Waals surface area contributed by atoms with Crippen LogP contribution in [0.25, 0.3) is 10.9 Å². The molecule has 6 nitrogen and oxygen atoms in total. The molecule has 1 fully saturated rings. The van der Waals surface area contributed by atoms with Crippen LogP contribution in [-0.4, -0.2) is 33.0 Å². The average Bonchev–Trinajstić information content (AvgIpc) is 3.39. The van der Waals surface area contributed by atoms with Crippen LogP contribution in [0.5, 0.6) is 0 Å². The van der Waals surface area contributed by atoms with Gasteiger partial charge in [0, 0.05) is 24.0 Å². The van der Waals surface area contributed by atoms with Gasteiger partial charge in [-0.3, -0.25) is 9.78 Å². The number of carbonyl (C=O) groups excluding carboxylic acids is 1. The number of aromatic nitrogens is 3. The summed E-state index contributed by atoms with van der Waals surface area (Å²) in [7, 11) is 1.76. The molecule has 26 heavy (non-hydrogen) atoms. The first-order chi connectivity index (χ1) is 12.5. The van der Waals surface area contributed by atoms with Crippen LogP contribution in [0.4, 0.5) is 0 Å². The van der Waals surface area contributed by atoms with Crippen molar-refractivity contribution in [3.63, 3.8) is 0 Å². The smallest absolute Gasteiger partial charge is 0.254 e. The average molecular weight is 350 g/mol. The molecule has 134 valence electrons. The first-order valence-electron chi connectivity index (χ1n) is 9.03. The highest BCUT2D eigenvalue weighted by Crippen LogP contribution is 2.38. The second-order valence-corrected chi connectivity index (χ2v) is 7.00. The lowest BCUT2D eigenvalue weighted by atomic mass is 10.0. The van der Waals surface area contributed by atoms with Crippen LogP contribution >= 0.6 is 0 Å². The maximum Gasteiger partial charge on any atom is 0.254 e. The third kappa shape index (κ3) is 3.19. The maximum atomic E-state index is 13.1. The maximum absolute atomic E-state index is 13.1. The van der Waals surface area contributed by atoms with E-state index in [-0.39, 0.29) is 5.91 Å². The van der Waals surface area contributed by atoms with E-state index < -0.39 is 0 Å². The summed E-state index contributed by atoms with van der Waals surface area (Å²) in [6, 6.07) is 7.95. The number of pyridine rings is 1. The number of nitrogens with zero attached hydrogens (tertiary/aromatic N) is 4. The number of fused-ring (bicyclic) bond motifs is 1. The molecular weight excluding hydrogens is 328 g/mol. The van der Waals surface area contributed by atoms with Gasteiger partial charge in [0.05, 0.1) is 17.6 Å². The van der Waals surface area contributed by atoms with Gasteiger partial charge in [0.25, 0.3) is 5.91 Å². The standard InChI is InChI=1S/C20H22N4O2/c1-4-13-5-8-17-15(10-13)16(9-12(2)21-17)20(25)24(3)11-18-22-19(23-26-18)14-6-7-14/h5,8-10,14H,4,6-7,11H2,1-3H3. The molecule has 1 aromatic carbocycles. The number of carbonyl (C=O) groups is 1. The fourth-order valence-corrected chi connectivity index (χ4v) is 3.12. The first-order valence-corrected chi connectivity index (χ1v) is 9.03. The van der Waals surface area contributed by atoms with Crippen molar-refractivity contribution in [1.82, 2.24) is 20.0 Å². The quantitative estimate of drug-likeness (QED) is 0.702. The van der Waals surface area contributed by atoms with Crippen molar-refractivity contribution in [2.75, 3.05) is 7.05 Å². The monoisotopic (exact) mass is 350 g/mol. The summed E-state index contributed by atoms with van der Waals surface area (Å²) in [4.78, 5) is 23.7. The van der Waals surface area contributed by atoms with Gasteiger partial charge < -0.3 is 9.42 Å². The van der Waals surface area contributed by atoms with Crippen molar-refractivity contribution < 1.29 is 9.32 Å². The largest absolute Gasteiger partial charge is 0.337 e. The molecule has 0 atom stereocenters. The molecule has 1 saturated carbocycles. The first kappa shape index (κ1) is 16.7. The minimum atomic E-state index is -0.0695. The number of benzene rings is 1. The normalized spacial score (nSPS) is 14.0. The predicted octanol–water partition coefficient (Wildman–Crippen LogP) is 3.64. The number of hydrogen-bond donors (Lipinski definition) is 0. The van der Waals surface area contributed by atoms with Gasteiger partial charge >= 0.3 is 0 Å². The number of hydrogen-bond acceptors (Lipinski definition) is 5. The second-order valence-electron chi connectivity index (χ2n) is 7.00. The third-order valence-electron chi connectivity index (χ3n) is 4.79. The van der Waals surface area contributed by atoms with E-state index in [0.717, 1.165) is 41.7 Å². The van der Waals surface area contributed by atoms with Crippen molar-refractivity contribution in [3.8, 4) is 0 Å². The zero-order valence-corrected chi connectivity index (χ0v) is 15.3. The SMILES string of the molecule is CCc1ccc2nc(C)cc(C(=O)N(C)Cc3nc(C4CC4)no3)c2c1. The lowest BCUT2D eigenvalue weighted by molar-refractivity contribution is 0.0771. The topological polar surface area (TPSA) is 72.1 Å². The molecule has 3 aromatic rings. The summed E-state index contributed by atoms with van der Waals surface area (Å²) < 4.78 is 5.30. The van der Waals surface area contributed by atoms with Gasteiger partial charge in [0.15, 0.2) is 5.82 Å². The summed E-state index contributed by atoms with van der Waals surface area (Å²) in [5.74, 6) is 1.61. The highest BCUT2D eigenvalue weighted by atomic mass is 16.5. The van der Waals surface area contributed by atoms with E-state index in [0.29, 0.717) is 23.9 Å². The molecule has 0 N–H and O–H groups in total. The third-order valence-corrected chi connectivity index (χ3v) is 4.79. The Morgan fingerprint density at radius 2 is 2.08 bits per heavy atom.